The smallest absolute Gasteiger partial charge is 0.410 e. The second-order valence-corrected chi connectivity index (χ2v) is 8.32. The fourth-order valence-corrected chi connectivity index (χ4v) is 3.22. The summed E-state index contributed by atoms with van der Waals surface area (Å²) in [5.74, 6) is 0.340. The second-order valence-electron chi connectivity index (χ2n) is 8.32. The fraction of sp³-hybridized carbons (Fsp3) is 0.944. The molecule has 0 spiro atoms. The summed E-state index contributed by atoms with van der Waals surface area (Å²) in [6, 6.07) is 0. The first-order valence-corrected chi connectivity index (χ1v) is 8.93. The van der Waals surface area contributed by atoms with Gasteiger partial charge in [-0.25, -0.2) is 4.79 Å². The highest BCUT2D eigenvalue weighted by molar-refractivity contribution is 5.67. The molecule has 1 amide bonds. The van der Waals surface area contributed by atoms with Gasteiger partial charge in [-0.3, -0.25) is 0 Å². The van der Waals surface area contributed by atoms with Crippen molar-refractivity contribution in [2.24, 2.45) is 11.3 Å². The third kappa shape index (κ3) is 7.53. The Bertz CT molecular complexity index is 360. The van der Waals surface area contributed by atoms with Crippen LogP contribution in [0.15, 0.2) is 0 Å². The minimum Gasteiger partial charge on any atom is -0.444 e. The summed E-state index contributed by atoms with van der Waals surface area (Å²) in [5.41, 5.74) is -0.393. The molecule has 0 aromatic rings. The number of carbonyl (C=O) groups is 1. The number of amides is 1. The van der Waals surface area contributed by atoms with Gasteiger partial charge in [-0.15, -0.1) is 0 Å². The van der Waals surface area contributed by atoms with Gasteiger partial charge in [-0.05, 0) is 46.1 Å². The molecule has 0 aliphatic heterocycles. The van der Waals surface area contributed by atoms with Gasteiger partial charge in [0.15, 0.2) is 0 Å². The van der Waals surface area contributed by atoms with E-state index in [0.29, 0.717) is 12.5 Å². The molecule has 0 heterocycles. The third-order valence-corrected chi connectivity index (χ3v) is 4.53. The molecule has 23 heavy (non-hydrogen) atoms. The SMILES string of the molecule is CC(CNCC1(CO)CCCCC1)CN(C)C(=O)OC(C)(C)C. The van der Waals surface area contributed by atoms with Gasteiger partial charge in [0.2, 0.25) is 0 Å². The molecule has 5 heteroatoms. The zero-order valence-corrected chi connectivity index (χ0v) is 15.7. The van der Waals surface area contributed by atoms with Crippen LogP contribution in [0.4, 0.5) is 4.79 Å². The van der Waals surface area contributed by atoms with Crippen LogP contribution in [-0.4, -0.2) is 55.0 Å². The number of hydrogen-bond acceptors (Lipinski definition) is 4. The Morgan fingerprint density at radius 2 is 1.91 bits per heavy atom. The quantitative estimate of drug-likeness (QED) is 0.754. The van der Waals surface area contributed by atoms with Crippen LogP contribution in [0.3, 0.4) is 0 Å². The van der Waals surface area contributed by atoms with E-state index < -0.39 is 5.60 Å². The summed E-state index contributed by atoms with van der Waals surface area (Å²) in [5, 5.41) is 13.2. The minimum atomic E-state index is -0.457. The standard InChI is InChI=1S/C18H36N2O3/c1-15(12-20(5)16(22)23-17(2,3)4)11-19-13-18(14-21)9-7-6-8-10-18/h15,19,21H,6-14H2,1-5H3. The lowest BCUT2D eigenvalue weighted by atomic mass is 9.74. The van der Waals surface area contributed by atoms with E-state index in [1.165, 1.54) is 19.3 Å². The number of hydrogen-bond donors (Lipinski definition) is 2. The Kier molecular flexibility index (Phi) is 7.81. The van der Waals surface area contributed by atoms with Gasteiger partial charge in [0, 0.05) is 32.2 Å². The lowest BCUT2D eigenvalue weighted by Gasteiger charge is -2.36. The number of aliphatic hydroxyl groups is 1. The molecule has 0 aromatic heterocycles. The predicted molar refractivity (Wildman–Crippen MR) is 93.5 cm³/mol. The van der Waals surface area contributed by atoms with Gasteiger partial charge in [0.25, 0.3) is 0 Å². The highest BCUT2D eigenvalue weighted by Crippen LogP contribution is 2.35. The summed E-state index contributed by atoms with van der Waals surface area (Å²) in [6.45, 7) is 10.4. The van der Waals surface area contributed by atoms with Crippen molar-refractivity contribution in [3.8, 4) is 0 Å². The minimum absolute atomic E-state index is 0.0645. The van der Waals surface area contributed by atoms with Crippen molar-refractivity contribution in [2.45, 2.75) is 65.4 Å². The monoisotopic (exact) mass is 328 g/mol. The Morgan fingerprint density at radius 1 is 1.30 bits per heavy atom. The van der Waals surface area contributed by atoms with Crippen LogP contribution in [0.2, 0.25) is 0 Å². The van der Waals surface area contributed by atoms with Gasteiger partial charge in [0.05, 0.1) is 0 Å². The number of nitrogens with zero attached hydrogens (tertiary/aromatic N) is 1. The number of nitrogens with one attached hydrogen (secondary N) is 1. The highest BCUT2D eigenvalue weighted by Gasteiger charge is 2.31. The second kappa shape index (κ2) is 8.88. The highest BCUT2D eigenvalue weighted by atomic mass is 16.6. The summed E-state index contributed by atoms with van der Waals surface area (Å²) in [4.78, 5) is 13.6. The van der Waals surface area contributed by atoms with Crippen LogP contribution in [0.5, 0.6) is 0 Å². The molecule has 136 valence electrons. The molecule has 1 saturated carbocycles. The lowest BCUT2D eigenvalue weighted by molar-refractivity contribution is 0.0274. The Morgan fingerprint density at radius 3 is 2.43 bits per heavy atom. The van der Waals surface area contributed by atoms with E-state index in [-0.39, 0.29) is 18.1 Å². The first kappa shape index (κ1) is 20.2. The van der Waals surface area contributed by atoms with E-state index in [1.807, 2.05) is 20.8 Å². The Balaban J connectivity index is 2.30. The molecule has 0 radical (unpaired) electrons. The fourth-order valence-electron chi connectivity index (χ4n) is 3.22. The lowest BCUT2D eigenvalue weighted by Crippen LogP contribution is -2.42. The van der Waals surface area contributed by atoms with Crippen LogP contribution < -0.4 is 5.32 Å². The van der Waals surface area contributed by atoms with E-state index in [0.717, 1.165) is 25.9 Å². The topological polar surface area (TPSA) is 61.8 Å². The van der Waals surface area contributed by atoms with Crippen molar-refractivity contribution in [3.63, 3.8) is 0 Å². The molecule has 1 unspecified atom stereocenters. The van der Waals surface area contributed by atoms with Gasteiger partial charge in [0.1, 0.15) is 5.60 Å². The number of aliphatic hydroxyl groups excluding tert-OH is 1. The summed E-state index contributed by atoms with van der Waals surface area (Å²) < 4.78 is 5.37. The molecule has 2 N–H and O–H groups in total. The third-order valence-electron chi connectivity index (χ3n) is 4.53. The van der Waals surface area contributed by atoms with Crippen LogP contribution in [-0.2, 0) is 4.74 Å². The summed E-state index contributed by atoms with van der Waals surface area (Å²) >= 11 is 0. The van der Waals surface area contributed by atoms with Crippen molar-refractivity contribution < 1.29 is 14.6 Å². The molecule has 5 nitrogen and oxygen atoms in total. The van der Waals surface area contributed by atoms with Crippen LogP contribution in [0, 0.1) is 11.3 Å². The average molecular weight is 328 g/mol. The van der Waals surface area contributed by atoms with Crippen LogP contribution in [0.1, 0.15) is 59.8 Å². The van der Waals surface area contributed by atoms with Crippen molar-refractivity contribution >= 4 is 6.09 Å². The normalized spacial score (nSPS) is 19.2. The molecule has 1 atom stereocenters. The van der Waals surface area contributed by atoms with Crippen LogP contribution >= 0.6 is 0 Å². The first-order valence-electron chi connectivity index (χ1n) is 8.93. The zero-order valence-electron chi connectivity index (χ0n) is 15.7. The van der Waals surface area contributed by atoms with Crippen molar-refractivity contribution in [2.75, 3.05) is 33.3 Å². The Labute approximate surface area is 141 Å². The van der Waals surface area contributed by atoms with E-state index in [2.05, 4.69) is 12.2 Å². The molecule has 1 fully saturated rings. The summed E-state index contributed by atoms with van der Waals surface area (Å²) in [6.07, 6.45) is 5.69. The Hall–Kier alpha value is -0.810. The summed E-state index contributed by atoms with van der Waals surface area (Å²) in [7, 11) is 1.78. The molecule has 0 aromatic carbocycles. The van der Waals surface area contributed by atoms with Gasteiger partial charge in [-0.2, -0.15) is 0 Å². The maximum absolute atomic E-state index is 12.0. The molecule has 1 aliphatic rings. The molecule has 0 saturated heterocycles. The number of carbonyl (C=O) groups excluding carboxylic acids is 1. The van der Waals surface area contributed by atoms with Gasteiger partial charge in [-0.1, -0.05) is 26.2 Å². The van der Waals surface area contributed by atoms with Gasteiger partial charge >= 0.3 is 6.09 Å². The number of ether oxygens (including phenoxy) is 1. The maximum atomic E-state index is 12.0. The molecule has 0 bridgehead atoms. The van der Waals surface area contributed by atoms with Gasteiger partial charge < -0.3 is 20.1 Å². The van der Waals surface area contributed by atoms with Crippen molar-refractivity contribution in [1.82, 2.24) is 10.2 Å². The van der Waals surface area contributed by atoms with Crippen molar-refractivity contribution in [3.05, 3.63) is 0 Å². The molecular formula is C18H36N2O3. The van der Waals surface area contributed by atoms with E-state index in [4.69, 9.17) is 4.74 Å². The zero-order chi connectivity index (χ0) is 17.5. The van der Waals surface area contributed by atoms with Crippen molar-refractivity contribution in [1.29, 1.82) is 0 Å². The van der Waals surface area contributed by atoms with E-state index in [1.54, 1.807) is 11.9 Å². The largest absolute Gasteiger partial charge is 0.444 e. The molecule has 1 aliphatic carbocycles. The first-order chi connectivity index (χ1) is 10.7. The number of rotatable bonds is 7. The maximum Gasteiger partial charge on any atom is 0.410 e. The molecule has 1 rings (SSSR count). The average Bonchev–Trinajstić information content (AvgIpc) is 2.46. The van der Waals surface area contributed by atoms with E-state index >= 15 is 0 Å². The van der Waals surface area contributed by atoms with Crippen LogP contribution in [0.25, 0.3) is 0 Å². The van der Waals surface area contributed by atoms with E-state index in [9.17, 15) is 9.90 Å². The molecular weight excluding hydrogens is 292 g/mol. The predicted octanol–water partition coefficient (Wildman–Crippen LogP) is 3.02.